The largest absolute Gasteiger partial charge is 0.497 e. The van der Waals surface area contributed by atoms with E-state index >= 15 is 0 Å². The van der Waals surface area contributed by atoms with Crippen molar-refractivity contribution in [2.75, 3.05) is 30.0 Å². The molecule has 0 bridgehead atoms. The fraction of sp³-hybridized carbons (Fsp3) is 0.350. The number of hydrogen-bond acceptors (Lipinski definition) is 3. The van der Waals surface area contributed by atoms with Crippen LogP contribution in [0.25, 0.3) is 0 Å². The summed E-state index contributed by atoms with van der Waals surface area (Å²) in [6, 6.07) is 16.3. The highest BCUT2D eigenvalue weighted by Gasteiger charge is 2.27. The summed E-state index contributed by atoms with van der Waals surface area (Å²) in [6.45, 7) is 5.96. The van der Waals surface area contributed by atoms with Crippen LogP contribution in [0.3, 0.4) is 0 Å². The molecule has 126 valence electrons. The summed E-state index contributed by atoms with van der Waals surface area (Å²) in [7, 11) is 1.64. The van der Waals surface area contributed by atoms with Crippen LogP contribution in [0.4, 0.5) is 11.4 Å². The van der Waals surface area contributed by atoms with Crippen molar-refractivity contribution in [3.05, 3.63) is 54.1 Å². The van der Waals surface area contributed by atoms with Crippen LogP contribution >= 0.6 is 0 Å². The van der Waals surface area contributed by atoms with E-state index in [0.717, 1.165) is 35.8 Å². The molecule has 0 saturated heterocycles. The molecule has 2 aromatic carbocycles. The number of ether oxygens (including phenoxy) is 1. The highest BCUT2D eigenvalue weighted by Crippen LogP contribution is 2.34. The smallest absolute Gasteiger partial charge is 0.231 e. The molecule has 1 aliphatic rings. The van der Waals surface area contributed by atoms with Gasteiger partial charge in [0.25, 0.3) is 0 Å². The maximum absolute atomic E-state index is 12.8. The molecule has 24 heavy (non-hydrogen) atoms. The first-order valence-electron chi connectivity index (χ1n) is 8.39. The van der Waals surface area contributed by atoms with Gasteiger partial charge in [0.1, 0.15) is 5.75 Å². The molecule has 0 aromatic heterocycles. The molecule has 1 amide bonds. The summed E-state index contributed by atoms with van der Waals surface area (Å²) in [5, 5.41) is 0. The van der Waals surface area contributed by atoms with Crippen LogP contribution in [0.5, 0.6) is 5.75 Å². The van der Waals surface area contributed by atoms with Gasteiger partial charge in [-0.15, -0.1) is 0 Å². The van der Waals surface area contributed by atoms with E-state index in [1.807, 2.05) is 47.4 Å². The Kier molecular flexibility index (Phi) is 4.74. The van der Waals surface area contributed by atoms with E-state index in [4.69, 9.17) is 4.74 Å². The fourth-order valence-electron chi connectivity index (χ4n) is 3.19. The molecule has 4 heteroatoms. The van der Waals surface area contributed by atoms with Crippen molar-refractivity contribution in [2.45, 2.75) is 26.3 Å². The van der Waals surface area contributed by atoms with Crippen LogP contribution < -0.4 is 14.5 Å². The van der Waals surface area contributed by atoms with E-state index in [1.54, 1.807) is 7.11 Å². The lowest BCUT2D eigenvalue weighted by Crippen LogP contribution is -2.47. The van der Waals surface area contributed by atoms with Gasteiger partial charge in [0.05, 0.1) is 24.9 Å². The predicted octanol–water partition coefficient (Wildman–Crippen LogP) is 3.50. The van der Waals surface area contributed by atoms with Gasteiger partial charge < -0.3 is 14.5 Å². The molecule has 0 fully saturated rings. The number of methoxy groups -OCH3 is 1. The van der Waals surface area contributed by atoms with Crippen LogP contribution in [0.15, 0.2) is 48.5 Å². The zero-order valence-electron chi connectivity index (χ0n) is 14.5. The molecule has 2 aromatic rings. The molecular formula is C20H24N2O2. The molecule has 1 heterocycles. The first-order valence-corrected chi connectivity index (χ1v) is 8.39. The Morgan fingerprint density at radius 2 is 1.71 bits per heavy atom. The van der Waals surface area contributed by atoms with E-state index in [9.17, 15) is 4.79 Å². The second kappa shape index (κ2) is 6.95. The Labute approximate surface area is 143 Å². The number of anilines is 2. The van der Waals surface area contributed by atoms with Crippen molar-refractivity contribution >= 4 is 17.3 Å². The van der Waals surface area contributed by atoms with Crippen molar-refractivity contribution in [3.8, 4) is 5.75 Å². The molecule has 0 aliphatic carbocycles. The number of nitrogens with zero attached hydrogens (tertiary/aromatic N) is 2. The van der Waals surface area contributed by atoms with Gasteiger partial charge in [-0.3, -0.25) is 4.79 Å². The Morgan fingerprint density at radius 1 is 1.04 bits per heavy atom. The minimum atomic E-state index is 0.135. The molecule has 0 radical (unpaired) electrons. The third-order valence-electron chi connectivity index (χ3n) is 4.49. The number of para-hydroxylation sites is 2. The molecular weight excluding hydrogens is 300 g/mol. The van der Waals surface area contributed by atoms with Crippen molar-refractivity contribution in [3.63, 3.8) is 0 Å². The van der Waals surface area contributed by atoms with Gasteiger partial charge in [-0.1, -0.05) is 24.3 Å². The van der Waals surface area contributed by atoms with E-state index in [-0.39, 0.29) is 5.91 Å². The normalized spacial score (nSPS) is 13.8. The summed E-state index contributed by atoms with van der Waals surface area (Å²) in [5.41, 5.74) is 3.15. The molecule has 0 atom stereocenters. The number of carbonyl (C=O) groups excluding carboxylic acids is 1. The maximum Gasteiger partial charge on any atom is 0.231 e. The van der Waals surface area contributed by atoms with Crippen LogP contribution in [0.2, 0.25) is 0 Å². The number of carbonyl (C=O) groups is 1. The number of amides is 1. The first-order chi connectivity index (χ1) is 11.6. The van der Waals surface area contributed by atoms with Crippen LogP contribution in [0, 0.1) is 0 Å². The lowest BCUT2D eigenvalue weighted by Gasteiger charge is -2.40. The van der Waals surface area contributed by atoms with Gasteiger partial charge in [0.2, 0.25) is 5.91 Å². The van der Waals surface area contributed by atoms with Crippen molar-refractivity contribution in [1.29, 1.82) is 0 Å². The van der Waals surface area contributed by atoms with Crippen LogP contribution in [0.1, 0.15) is 19.4 Å². The number of fused-ring (bicyclic) bond motifs is 1. The monoisotopic (exact) mass is 324 g/mol. The summed E-state index contributed by atoms with van der Waals surface area (Å²) in [5.74, 6) is 0.943. The molecule has 0 N–H and O–H groups in total. The summed E-state index contributed by atoms with van der Waals surface area (Å²) in [6.07, 6.45) is 0.403. The van der Waals surface area contributed by atoms with Gasteiger partial charge in [-0.05, 0) is 43.7 Å². The van der Waals surface area contributed by atoms with E-state index in [2.05, 4.69) is 24.8 Å². The van der Waals surface area contributed by atoms with Gasteiger partial charge in [-0.25, -0.2) is 0 Å². The quantitative estimate of drug-likeness (QED) is 0.863. The van der Waals surface area contributed by atoms with E-state index in [1.165, 1.54) is 0 Å². The number of hydrogen-bond donors (Lipinski definition) is 0. The zero-order chi connectivity index (χ0) is 17.1. The first kappa shape index (κ1) is 16.4. The fourth-order valence-corrected chi connectivity index (χ4v) is 3.19. The standard InChI is InChI=1S/C20H24N2O2/c1-15(2)21-12-13-22(19-7-5-4-6-18(19)21)20(23)14-16-8-10-17(24-3)11-9-16/h4-11,15H,12-14H2,1-3H3. The molecule has 0 saturated carbocycles. The Hall–Kier alpha value is -2.49. The van der Waals surface area contributed by atoms with Gasteiger partial charge in [0, 0.05) is 19.1 Å². The summed E-state index contributed by atoms with van der Waals surface area (Å²) in [4.78, 5) is 17.1. The average Bonchev–Trinajstić information content (AvgIpc) is 2.61. The molecule has 0 unspecified atom stereocenters. The highest BCUT2D eigenvalue weighted by atomic mass is 16.5. The lowest BCUT2D eigenvalue weighted by atomic mass is 10.1. The van der Waals surface area contributed by atoms with E-state index in [0.29, 0.717) is 12.5 Å². The Bertz CT molecular complexity index is 710. The number of benzene rings is 2. The zero-order valence-corrected chi connectivity index (χ0v) is 14.5. The maximum atomic E-state index is 12.8. The average molecular weight is 324 g/mol. The number of rotatable bonds is 4. The molecule has 0 spiro atoms. The summed E-state index contributed by atoms with van der Waals surface area (Å²) >= 11 is 0. The third-order valence-corrected chi connectivity index (χ3v) is 4.49. The lowest BCUT2D eigenvalue weighted by molar-refractivity contribution is -0.118. The Balaban J connectivity index is 1.81. The summed E-state index contributed by atoms with van der Waals surface area (Å²) < 4.78 is 5.17. The highest BCUT2D eigenvalue weighted by molar-refractivity contribution is 5.99. The van der Waals surface area contributed by atoms with Crippen molar-refractivity contribution in [2.24, 2.45) is 0 Å². The van der Waals surface area contributed by atoms with E-state index < -0.39 is 0 Å². The molecule has 4 nitrogen and oxygen atoms in total. The van der Waals surface area contributed by atoms with Crippen molar-refractivity contribution in [1.82, 2.24) is 0 Å². The molecule has 1 aliphatic heterocycles. The molecule has 3 rings (SSSR count). The predicted molar refractivity (Wildman–Crippen MR) is 98.0 cm³/mol. The SMILES string of the molecule is COc1ccc(CC(=O)N2CCN(C(C)C)c3ccccc32)cc1. The second-order valence-electron chi connectivity index (χ2n) is 6.35. The van der Waals surface area contributed by atoms with Crippen LogP contribution in [-0.4, -0.2) is 32.1 Å². The Morgan fingerprint density at radius 3 is 2.33 bits per heavy atom. The van der Waals surface area contributed by atoms with Crippen molar-refractivity contribution < 1.29 is 9.53 Å². The topological polar surface area (TPSA) is 32.8 Å². The van der Waals surface area contributed by atoms with Gasteiger partial charge in [-0.2, -0.15) is 0 Å². The minimum absolute atomic E-state index is 0.135. The second-order valence-corrected chi connectivity index (χ2v) is 6.35. The van der Waals surface area contributed by atoms with Gasteiger partial charge >= 0.3 is 0 Å². The van der Waals surface area contributed by atoms with Crippen LogP contribution in [-0.2, 0) is 11.2 Å². The third kappa shape index (κ3) is 3.23. The van der Waals surface area contributed by atoms with Gasteiger partial charge in [0.15, 0.2) is 0 Å². The minimum Gasteiger partial charge on any atom is -0.497 e.